The predicted molar refractivity (Wildman–Crippen MR) is 62.7 cm³/mol. The molecule has 0 saturated carbocycles. The maximum Gasteiger partial charge on any atom is 0.255 e. The lowest BCUT2D eigenvalue weighted by molar-refractivity contribution is 0.0765. The summed E-state index contributed by atoms with van der Waals surface area (Å²) in [6, 6.07) is 5.42. The summed E-state index contributed by atoms with van der Waals surface area (Å²) in [6.45, 7) is 2.88. The van der Waals surface area contributed by atoms with E-state index in [2.05, 4.69) is 0 Å². The molecule has 0 radical (unpaired) electrons. The minimum absolute atomic E-state index is 0.0924. The van der Waals surface area contributed by atoms with Gasteiger partial charge in [0.1, 0.15) is 0 Å². The van der Waals surface area contributed by atoms with Crippen LogP contribution in [0.1, 0.15) is 22.3 Å². The van der Waals surface area contributed by atoms with Crippen LogP contribution in [0.4, 0.5) is 0 Å². The van der Waals surface area contributed by atoms with E-state index >= 15 is 0 Å². The second kappa shape index (κ2) is 4.44. The van der Waals surface area contributed by atoms with E-state index in [9.17, 15) is 9.90 Å². The smallest absolute Gasteiger partial charge is 0.255 e. The lowest BCUT2D eigenvalue weighted by Gasteiger charge is -2.16. The monoisotopic (exact) mass is 239 g/mol. The van der Waals surface area contributed by atoms with Gasteiger partial charge in [0.05, 0.1) is 16.7 Å². The van der Waals surface area contributed by atoms with Crippen LogP contribution in [-0.2, 0) is 0 Å². The van der Waals surface area contributed by atoms with Crippen molar-refractivity contribution in [1.29, 1.82) is 0 Å². The first-order valence-corrected chi connectivity index (χ1v) is 5.70. The molecule has 0 aliphatic carbocycles. The van der Waals surface area contributed by atoms with Gasteiger partial charge in [-0.25, -0.2) is 0 Å². The lowest BCUT2D eigenvalue weighted by atomic mass is 10.1. The van der Waals surface area contributed by atoms with Crippen molar-refractivity contribution in [2.75, 3.05) is 13.1 Å². The Bertz CT molecular complexity index is 419. The van der Waals surface area contributed by atoms with Crippen molar-refractivity contribution in [3.05, 3.63) is 34.3 Å². The summed E-state index contributed by atoms with van der Waals surface area (Å²) in [5.41, 5.74) is 1.42. The van der Waals surface area contributed by atoms with Gasteiger partial charge in [0.15, 0.2) is 0 Å². The van der Waals surface area contributed by atoms with Gasteiger partial charge >= 0.3 is 0 Å². The van der Waals surface area contributed by atoms with Crippen LogP contribution < -0.4 is 0 Å². The van der Waals surface area contributed by atoms with E-state index in [1.807, 2.05) is 19.1 Å². The number of nitrogens with zero attached hydrogens (tertiary/aromatic N) is 1. The van der Waals surface area contributed by atoms with Crippen LogP contribution in [0, 0.1) is 6.92 Å². The Morgan fingerprint density at radius 2 is 2.31 bits per heavy atom. The Balaban J connectivity index is 2.24. The first-order chi connectivity index (χ1) is 7.59. The standard InChI is InChI=1S/C12H14ClNO2/c1-8-3-2-4-10(11(8)13)12(16)14-6-5-9(15)7-14/h2-4,9,15H,5-7H2,1H3/t9-/m1/s1. The summed E-state index contributed by atoms with van der Waals surface area (Å²) in [7, 11) is 0. The number of halogens is 1. The Morgan fingerprint density at radius 1 is 1.56 bits per heavy atom. The maximum atomic E-state index is 12.1. The van der Waals surface area contributed by atoms with E-state index in [0.29, 0.717) is 30.1 Å². The lowest BCUT2D eigenvalue weighted by Crippen LogP contribution is -2.29. The van der Waals surface area contributed by atoms with E-state index in [-0.39, 0.29) is 5.91 Å². The van der Waals surface area contributed by atoms with E-state index in [1.54, 1.807) is 11.0 Å². The minimum atomic E-state index is -0.396. The fraction of sp³-hybridized carbons (Fsp3) is 0.417. The van der Waals surface area contributed by atoms with Gasteiger partial charge in [-0.05, 0) is 25.0 Å². The molecule has 1 aromatic rings. The number of likely N-dealkylation sites (tertiary alicyclic amines) is 1. The molecule has 3 nitrogen and oxygen atoms in total. The van der Waals surface area contributed by atoms with Gasteiger partial charge in [-0.2, -0.15) is 0 Å². The molecule has 1 atom stereocenters. The van der Waals surface area contributed by atoms with Crippen LogP contribution in [-0.4, -0.2) is 35.1 Å². The van der Waals surface area contributed by atoms with Crippen molar-refractivity contribution < 1.29 is 9.90 Å². The molecule has 1 aromatic carbocycles. The van der Waals surface area contributed by atoms with Crippen LogP contribution in [0.15, 0.2) is 18.2 Å². The summed E-state index contributed by atoms with van der Waals surface area (Å²) in [5, 5.41) is 9.90. The van der Waals surface area contributed by atoms with Crippen molar-refractivity contribution in [1.82, 2.24) is 4.90 Å². The number of aryl methyl sites for hydroxylation is 1. The quantitative estimate of drug-likeness (QED) is 0.813. The molecule has 1 heterocycles. The number of rotatable bonds is 1. The molecule has 16 heavy (non-hydrogen) atoms. The number of aliphatic hydroxyl groups excluding tert-OH is 1. The number of amides is 1. The normalized spacial score (nSPS) is 20.2. The molecule has 0 unspecified atom stereocenters. The van der Waals surface area contributed by atoms with Crippen molar-refractivity contribution in [2.45, 2.75) is 19.4 Å². The topological polar surface area (TPSA) is 40.5 Å². The third-order valence-corrected chi connectivity index (χ3v) is 3.37. The number of carbonyl (C=O) groups excluding carboxylic acids is 1. The summed E-state index contributed by atoms with van der Waals surface area (Å²) in [4.78, 5) is 13.7. The number of aliphatic hydroxyl groups is 1. The highest BCUT2D eigenvalue weighted by molar-refractivity contribution is 6.34. The molecule has 0 spiro atoms. The number of benzene rings is 1. The molecule has 2 rings (SSSR count). The molecule has 1 saturated heterocycles. The maximum absolute atomic E-state index is 12.1. The predicted octanol–water partition coefficient (Wildman–Crippen LogP) is 1.86. The van der Waals surface area contributed by atoms with Crippen molar-refractivity contribution in [3.63, 3.8) is 0 Å². The number of carbonyl (C=O) groups is 1. The highest BCUT2D eigenvalue weighted by Crippen LogP contribution is 2.23. The van der Waals surface area contributed by atoms with E-state index in [1.165, 1.54) is 0 Å². The van der Waals surface area contributed by atoms with Gasteiger partial charge in [0.25, 0.3) is 5.91 Å². The summed E-state index contributed by atoms with van der Waals surface area (Å²) in [5.74, 6) is -0.0924. The fourth-order valence-electron chi connectivity index (χ4n) is 1.91. The van der Waals surface area contributed by atoms with Gasteiger partial charge in [0, 0.05) is 13.1 Å². The molecule has 0 aromatic heterocycles. The van der Waals surface area contributed by atoms with Gasteiger partial charge in [-0.1, -0.05) is 23.7 Å². The first-order valence-electron chi connectivity index (χ1n) is 5.32. The SMILES string of the molecule is Cc1cccc(C(=O)N2CC[C@@H](O)C2)c1Cl. The highest BCUT2D eigenvalue weighted by atomic mass is 35.5. The second-order valence-electron chi connectivity index (χ2n) is 4.13. The molecule has 86 valence electrons. The van der Waals surface area contributed by atoms with Crippen LogP contribution in [0.2, 0.25) is 5.02 Å². The summed E-state index contributed by atoms with van der Waals surface area (Å²) < 4.78 is 0. The Labute approximate surface area is 99.6 Å². The Hall–Kier alpha value is -1.06. The van der Waals surface area contributed by atoms with Crippen LogP contribution in [0.5, 0.6) is 0 Å². The van der Waals surface area contributed by atoms with Gasteiger partial charge in [-0.3, -0.25) is 4.79 Å². The van der Waals surface area contributed by atoms with Gasteiger partial charge < -0.3 is 10.0 Å². The second-order valence-corrected chi connectivity index (χ2v) is 4.51. The van der Waals surface area contributed by atoms with Crippen LogP contribution in [0.25, 0.3) is 0 Å². The Kier molecular flexibility index (Phi) is 3.17. The third kappa shape index (κ3) is 2.06. The zero-order valence-electron chi connectivity index (χ0n) is 9.11. The molecule has 1 aliphatic heterocycles. The molecule has 0 bridgehead atoms. The van der Waals surface area contributed by atoms with Crippen LogP contribution >= 0.6 is 11.6 Å². The van der Waals surface area contributed by atoms with E-state index in [0.717, 1.165) is 5.56 Å². The third-order valence-electron chi connectivity index (χ3n) is 2.87. The molecular weight excluding hydrogens is 226 g/mol. The largest absolute Gasteiger partial charge is 0.391 e. The summed E-state index contributed by atoms with van der Waals surface area (Å²) in [6.07, 6.45) is 0.252. The van der Waals surface area contributed by atoms with Crippen molar-refractivity contribution >= 4 is 17.5 Å². The van der Waals surface area contributed by atoms with Gasteiger partial charge in [0.2, 0.25) is 0 Å². The zero-order valence-corrected chi connectivity index (χ0v) is 9.87. The number of hydrogen-bond acceptors (Lipinski definition) is 2. The van der Waals surface area contributed by atoms with Gasteiger partial charge in [-0.15, -0.1) is 0 Å². The summed E-state index contributed by atoms with van der Waals surface area (Å²) >= 11 is 6.09. The number of hydrogen-bond donors (Lipinski definition) is 1. The molecule has 4 heteroatoms. The van der Waals surface area contributed by atoms with E-state index < -0.39 is 6.10 Å². The van der Waals surface area contributed by atoms with Crippen molar-refractivity contribution in [2.24, 2.45) is 0 Å². The first kappa shape index (κ1) is 11.4. The average molecular weight is 240 g/mol. The number of β-amino-alcohol motifs (C(OH)–C–C–N with tert-alkyl or cyclic N) is 1. The van der Waals surface area contributed by atoms with Crippen molar-refractivity contribution in [3.8, 4) is 0 Å². The average Bonchev–Trinajstić information content (AvgIpc) is 2.68. The highest BCUT2D eigenvalue weighted by Gasteiger charge is 2.26. The minimum Gasteiger partial charge on any atom is -0.391 e. The molecule has 1 fully saturated rings. The Morgan fingerprint density at radius 3 is 2.94 bits per heavy atom. The molecule has 1 aliphatic rings. The fourth-order valence-corrected chi connectivity index (χ4v) is 2.12. The van der Waals surface area contributed by atoms with Crippen LogP contribution in [0.3, 0.4) is 0 Å². The van der Waals surface area contributed by atoms with E-state index in [4.69, 9.17) is 11.6 Å². The zero-order chi connectivity index (χ0) is 11.7. The molecule has 1 amide bonds. The molecular formula is C12H14ClNO2. The molecule has 1 N–H and O–H groups in total.